The molecule has 2 atom stereocenters. The van der Waals surface area contributed by atoms with Crippen molar-refractivity contribution in [2.24, 2.45) is 0 Å². The molecule has 2 aromatic carbocycles. The van der Waals surface area contributed by atoms with Gasteiger partial charge in [0.25, 0.3) is 0 Å². The lowest BCUT2D eigenvalue weighted by Crippen LogP contribution is -2.40. The second-order valence-electron chi connectivity index (χ2n) is 5.84. The molecule has 124 valence electrons. The number of benzene rings is 2. The van der Waals surface area contributed by atoms with Crippen LogP contribution in [-0.2, 0) is 9.59 Å². The third-order valence-corrected chi connectivity index (χ3v) is 5.72. The number of amides is 1. The lowest BCUT2D eigenvalue weighted by atomic mass is 9.93. The van der Waals surface area contributed by atoms with E-state index in [1.165, 1.54) is 11.8 Å². The van der Waals surface area contributed by atoms with Crippen LogP contribution in [-0.4, -0.2) is 21.7 Å². The average Bonchev–Trinajstić information content (AvgIpc) is 2.87. The molecule has 0 saturated carbocycles. The zero-order valence-electron chi connectivity index (χ0n) is 13.0. The molecular weight excluding hydrogens is 346 g/mol. The van der Waals surface area contributed by atoms with Crippen molar-refractivity contribution in [3.05, 3.63) is 64.7 Å². The van der Waals surface area contributed by atoms with Crippen molar-refractivity contribution in [1.82, 2.24) is 5.32 Å². The number of hydrogen-bond donors (Lipinski definition) is 2. The molecule has 1 saturated heterocycles. The second kappa shape index (κ2) is 6.49. The predicted molar refractivity (Wildman–Crippen MR) is 94.4 cm³/mol. The molecule has 0 aromatic heterocycles. The number of aliphatic carboxylic acids is 1. The first kappa shape index (κ1) is 16.9. The Balaban J connectivity index is 2.04. The number of rotatable bonds is 4. The van der Waals surface area contributed by atoms with E-state index in [4.69, 9.17) is 11.6 Å². The van der Waals surface area contributed by atoms with Crippen LogP contribution in [0.15, 0.2) is 53.4 Å². The van der Waals surface area contributed by atoms with Crippen LogP contribution in [0.4, 0.5) is 0 Å². The van der Waals surface area contributed by atoms with E-state index in [9.17, 15) is 14.7 Å². The van der Waals surface area contributed by atoms with Gasteiger partial charge in [-0.05, 0) is 36.8 Å². The van der Waals surface area contributed by atoms with Crippen molar-refractivity contribution >= 4 is 35.2 Å². The zero-order chi connectivity index (χ0) is 17.3. The molecule has 1 fully saturated rings. The highest BCUT2D eigenvalue weighted by atomic mass is 35.5. The smallest absolute Gasteiger partial charge is 0.323 e. The van der Waals surface area contributed by atoms with Crippen molar-refractivity contribution < 1.29 is 14.7 Å². The normalized spacial score (nSPS) is 23.1. The Kier molecular flexibility index (Phi) is 4.56. The third kappa shape index (κ3) is 3.14. The number of carbonyl (C=O) groups excluding carboxylic acids is 1. The van der Waals surface area contributed by atoms with Crippen LogP contribution in [0.5, 0.6) is 0 Å². The quantitative estimate of drug-likeness (QED) is 0.868. The van der Waals surface area contributed by atoms with Crippen molar-refractivity contribution in [1.29, 1.82) is 0 Å². The van der Waals surface area contributed by atoms with Crippen LogP contribution in [0.3, 0.4) is 0 Å². The summed E-state index contributed by atoms with van der Waals surface area (Å²) in [6.45, 7) is 1.97. The van der Waals surface area contributed by atoms with Crippen LogP contribution >= 0.6 is 23.4 Å². The predicted octanol–water partition coefficient (Wildman–Crippen LogP) is 3.83. The first-order chi connectivity index (χ1) is 11.4. The molecule has 1 aliphatic heterocycles. The van der Waals surface area contributed by atoms with E-state index < -0.39 is 16.8 Å². The van der Waals surface area contributed by atoms with Crippen LogP contribution in [0, 0.1) is 6.92 Å². The lowest BCUT2D eigenvalue weighted by Gasteiger charge is -2.29. The average molecular weight is 362 g/mol. The monoisotopic (exact) mass is 361 g/mol. The van der Waals surface area contributed by atoms with Gasteiger partial charge in [-0.3, -0.25) is 9.59 Å². The maximum atomic E-state index is 12.2. The molecule has 1 heterocycles. The van der Waals surface area contributed by atoms with Crippen molar-refractivity contribution in [3.8, 4) is 0 Å². The Morgan fingerprint density at radius 3 is 2.62 bits per heavy atom. The van der Waals surface area contributed by atoms with Gasteiger partial charge in [0.05, 0.1) is 12.5 Å². The van der Waals surface area contributed by atoms with Gasteiger partial charge >= 0.3 is 5.97 Å². The minimum atomic E-state index is -1.31. The van der Waals surface area contributed by atoms with Gasteiger partial charge in [-0.1, -0.05) is 41.4 Å². The molecule has 1 aliphatic rings. The molecule has 24 heavy (non-hydrogen) atoms. The van der Waals surface area contributed by atoms with Gasteiger partial charge in [0.2, 0.25) is 5.91 Å². The maximum Gasteiger partial charge on any atom is 0.323 e. The summed E-state index contributed by atoms with van der Waals surface area (Å²) in [5, 5.41) is 13.3. The fourth-order valence-electron chi connectivity index (χ4n) is 2.86. The summed E-state index contributed by atoms with van der Waals surface area (Å²) in [4.78, 5) is 25.0. The largest absolute Gasteiger partial charge is 0.480 e. The van der Waals surface area contributed by atoms with Gasteiger partial charge in [-0.25, -0.2) is 0 Å². The molecule has 0 bridgehead atoms. The number of carbonyl (C=O) groups is 2. The Morgan fingerprint density at radius 2 is 2.00 bits per heavy atom. The SMILES string of the molecule is Cc1ccc(SC2(C(=O)O)CC(=O)NC2c2cccc(Cl)c2)cc1. The summed E-state index contributed by atoms with van der Waals surface area (Å²) in [6, 6.07) is 13.9. The summed E-state index contributed by atoms with van der Waals surface area (Å²) < 4.78 is -1.31. The van der Waals surface area contributed by atoms with Gasteiger partial charge in [0, 0.05) is 9.92 Å². The summed E-state index contributed by atoms with van der Waals surface area (Å²) in [5.41, 5.74) is 1.78. The van der Waals surface area contributed by atoms with Crippen LogP contribution in [0.1, 0.15) is 23.6 Å². The Labute approximate surface area is 149 Å². The summed E-state index contributed by atoms with van der Waals surface area (Å²) >= 11 is 7.25. The third-order valence-electron chi connectivity index (χ3n) is 4.06. The van der Waals surface area contributed by atoms with Crippen molar-refractivity contribution in [2.75, 3.05) is 0 Å². The van der Waals surface area contributed by atoms with E-state index in [1.54, 1.807) is 24.3 Å². The number of nitrogens with one attached hydrogen (secondary N) is 1. The number of thioether (sulfide) groups is 1. The van der Waals surface area contributed by atoms with Gasteiger partial charge in [-0.15, -0.1) is 11.8 Å². The fraction of sp³-hybridized carbons (Fsp3) is 0.222. The van der Waals surface area contributed by atoms with Crippen molar-refractivity contribution in [2.45, 2.75) is 29.0 Å². The first-order valence-corrected chi connectivity index (χ1v) is 8.64. The fourth-order valence-corrected chi connectivity index (χ4v) is 4.36. The Hall–Kier alpha value is -1.98. The van der Waals surface area contributed by atoms with Crippen molar-refractivity contribution in [3.63, 3.8) is 0 Å². The summed E-state index contributed by atoms with van der Waals surface area (Å²) in [6.07, 6.45) is -0.0853. The molecule has 2 unspecified atom stereocenters. The standard InChI is InChI=1S/C18H16ClNO3S/c1-11-5-7-14(8-6-11)24-18(17(22)23)10-15(21)20-16(18)12-3-2-4-13(19)9-12/h2-9,16H,10H2,1H3,(H,20,21)(H,22,23). The zero-order valence-corrected chi connectivity index (χ0v) is 14.5. The van der Waals surface area contributed by atoms with E-state index in [0.29, 0.717) is 10.6 Å². The summed E-state index contributed by atoms with van der Waals surface area (Å²) in [7, 11) is 0. The molecule has 6 heteroatoms. The highest BCUT2D eigenvalue weighted by Gasteiger charge is 2.54. The second-order valence-corrected chi connectivity index (χ2v) is 7.68. The van der Waals surface area contributed by atoms with Crippen LogP contribution in [0.25, 0.3) is 0 Å². The molecule has 2 aromatic rings. The highest BCUT2D eigenvalue weighted by Crippen LogP contribution is 2.48. The van der Waals surface area contributed by atoms with E-state index in [-0.39, 0.29) is 12.3 Å². The maximum absolute atomic E-state index is 12.2. The van der Waals surface area contributed by atoms with E-state index in [0.717, 1.165) is 10.5 Å². The van der Waals surface area contributed by atoms with E-state index >= 15 is 0 Å². The number of carboxylic acid groups (broad SMARTS) is 1. The number of hydrogen-bond acceptors (Lipinski definition) is 3. The van der Waals surface area contributed by atoms with Gasteiger partial charge in [0.15, 0.2) is 4.75 Å². The molecule has 0 spiro atoms. The van der Waals surface area contributed by atoms with E-state index in [1.807, 2.05) is 31.2 Å². The first-order valence-electron chi connectivity index (χ1n) is 7.44. The molecule has 1 amide bonds. The minimum Gasteiger partial charge on any atom is -0.480 e. The van der Waals surface area contributed by atoms with Gasteiger partial charge in [0.1, 0.15) is 0 Å². The number of carboxylic acids is 1. The molecule has 0 radical (unpaired) electrons. The topological polar surface area (TPSA) is 66.4 Å². The lowest BCUT2D eigenvalue weighted by molar-refractivity contribution is -0.140. The van der Waals surface area contributed by atoms with Crippen LogP contribution < -0.4 is 5.32 Å². The summed E-state index contributed by atoms with van der Waals surface area (Å²) in [5.74, 6) is -1.29. The molecule has 2 N–H and O–H groups in total. The van der Waals surface area contributed by atoms with E-state index in [2.05, 4.69) is 5.32 Å². The Morgan fingerprint density at radius 1 is 1.29 bits per heavy atom. The minimum absolute atomic E-state index is 0.0853. The van der Waals surface area contributed by atoms with Gasteiger partial charge < -0.3 is 10.4 Å². The highest BCUT2D eigenvalue weighted by molar-refractivity contribution is 8.01. The number of aryl methyl sites for hydroxylation is 1. The number of halogens is 1. The van der Waals surface area contributed by atoms with Crippen LogP contribution in [0.2, 0.25) is 5.02 Å². The molecule has 4 nitrogen and oxygen atoms in total. The molecule has 0 aliphatic carbocycles. The molecule has 3 rings (SSSR count). The molecular formula is C18H16ClNO3S. The Bertz CT molecular complexity index is 793. The van der Waals surface area contributed by atoms with Gasteiger partial charge in [-0.2, -0.15) is 0 Å².